The summed E-state index contributed by atoms with van der Waals surface area (Å²) in [5, 5.41) is 3.25. The number of anilines is 2. The van der Waals surface area contributed by atoms with E-state index in [1.807, 2.05) is 7.05 Å². The van der Waals surface area contributed by atoms with E-state index < -0.39 is 0 Å². The van der Waals surface area contributed by atoms with Crippen LogP contribution in [-0.4, -0.2) is 29.6 Å². The van der Waals surface area contributed by atoms with Crippen molar-refractivity contribution in [2.75, 3.05) is 23.8 Å². The Bertz CT molecular complexity index is 489. The van der Waals surface area contributed by atoms with Crippen molar-refractivity contribution in [1.29, 1.82) is 0 Å². The lowest BCUT2D eigenvalue weighted by Gasteiger charge is -2.28. The van der Waals surface area contributed by atoms with E-state index in [4.69, 9.17) is 9.97 Å². The molecule has 110 valence electrons. The summed E-state index contributed by atoms with van der Waals surface area (Å²) >= 11 is 0. The lowest BCUT2D eigenvalue weighted by Crippen LogP contribution is -2.32. The first-order valence-corrected chi connectivity index (χ1v) is 7.93. The predicted molar refractivity (Wildman–Crippen MR) is 83.5 cm³/mol. The molecule has 1 N–H and O–H groups in total. The smallest absolute Gasteiger partial charge is 0.137 e. The number of aromatic nitrogens is 2. The molecular weight excluding hydrogens is 248 g/mol. The van der Waals surface area contributed by atoms with Crippen molar-refractivity contribution < 1.29 is 0 Å². The van der Waals surface area contributed by atoms with Crippen LogP contribution in [0.4, 0.5) is 11.6 Å². The van der Waals surface area contributed by atoms with Crippen LogP contribution < -0.4 is 10.2 Å². The first kappa shape index (κ1) is 13.7. The Morgan fingerprint density at radius 2 is 1.90 bits per heavy atom. The molecule has 0 aliphatic heterocycles. The largest absolute Gasteiger partial charge is 0.373 e. The van der Waals surface area contributed by atoms with Gasteiger partial charge in [0.25, 0.3) is 0 Å². The van der Waals surface area contributed by atoms with Crippen molar-refractivity contribution in [3.63, 3.8) is 0 Å². The predicted octanol–water partition coefficient (Wildman–Crippen LogP) is 3.33. The Labute approximate surface area is 122 Å². The molecule has 1 aromatic rings. The van der Waals surface area contributed by atoms with Gasteiger partial charge in [0.1, 0.15) is 17.5 Å². The molecule has 0 spiro atoms. The van der Waals surface area contributed by atoms with E-state index in [1.54, 1.807) is 0 Å². The fourth-order valence-electron chi connectivity index (χ4n) is 2.76. The number of hydrogen-bond acceptors (Lipinski definition) is 4. The van der Waals surface area contributed by atoms with E-state index in [0.717, 1.165) is 18.2 Å². The van der Waals surface area contributed by atoms with Crippen LogP contribution in [-0.2, 0) is 0 Å². The zero-order chi connectivity index (χ0) is 14.3. The minimum atomic E-state index is 0.599. The van der Waals surface area contributed by atoms with Gasteiger partial charge in [-0.2, -0.15) is 0 Å². The zero-order valence-corrected chi connectivity index (χ0v) is 13.1. The molecule has 2 fully saturated rings. The van der Waals surface area contributed by atoms with E-state index >= 15 is 0 Å². The van der Waals surface area contributed by atoms with Crippen molar-refractivity contribution in [3.8, 4) is 0 Å². The van der Waals surface area contributed by atoms with Crippen LogP contribution in [0.3, 0.4) is 0 Å². The third-order valence-electron chi connectivity index (χ3n) is 4.14. The highest BCUT2D eigenvalue weighted by Gasteiger charge is 2.34. The van der Waals surface area contributed by atoms with Gasteiger partial charge in [-0.1, -0.05) is 13.8 Å². The van der Waals surface area contributed by atoms with Gasteiger partial charge in [0.15, 0.2) is 0 Å². The standard InChI is InChI=1S/C16H26N4/c1-10(2)9-20(13-7-8-13)16-11(3)14(17-4)18-15(19-16)12-5-6-12/h10,12-13H,5-9H2,1-4H3,(H,17,18,19). The number of hydrogen-bond donors (Lipinski definition) is 1. The molecule has 2 aliphatic rings. The van der Waals surface area contributed by atoms with E-state index in [0.29, 0.717) is 17.9 Å². The monoisotopic (exact) mass is 274 g/mol. The summed E-state index contributed by atoms with van der Waals surface area (Å²) in [6.45, 7) is 7.81. The summed E-state index contributed by atoms with van der Waals surface area (Å²) in [6.07, 6.45) is 5.12. The lowest BCUT2D eigenvalue weighted by atomic mass is 10.2. The maximum Gasteiger partial charge on any atom is 0.137 e. The molecule has 3 rings (SSSR count). The second-order valence-electron chi connectivity index (χ2n) is 6.68. The van der Waals surface area contributed by atoms with Crippen molar-refractivity contribution in [1.82, 2.24) is 9.97 Å². The van der Waals surface area contributed by atoms with E-state index in [-0.39, 0.29) is 0 Å². The Balaban J connectivity index is 1.98. The second kappa shape index (κ2) is 5.23. The first-order chi connectivity index (χ1) is 9.60. The summed E-state index contributed by atoms with van der Waals surface area (Å²) in [5.74, 6) is 4.48. The summed E-state index contributed by atoms with van der Waals surface area (Å²) in [7, 11) is 1.96. The third kappa shape index (κ3) is 2.74. The SMILES string of the molecule is CNc1nc(C2CC2)nc(N(CC(C)C)C2CC2)c1C. The van der Waals surface area contributed by atoms with Crippen LogP contribution in [0.25, 0.3) is 0 Å². The highest BCUT2D eigenvalue weighted by Crippen LogP contribution is 2.41. The number of rotatable bonds is 6. The number of nitrogens with one attached hydrogen (secondary N) is 1. The van der Waals surface area contributed by atoms with Gasteiger partial charge in [-0.05, 0) is 38.5 Å². The van der Waals surface area contributed by atoms with Gasteiger partial charge in [-0.3, -0.25) is 0 Å². The molecule has 1 aromatic heterocycles. The van der Waals surface area contributed by atoms with Crippen molar-refractivity contribution in [3.05, 3.63) is 11.4 Å². The van der Waals surface area contributed by atoms with E-state index in [9.17, 15) is 0 Å². The maximum absolute atomic E-state index is 4.93. The van der Waals surface area contributed by atoms with Crippen molar-refractivity contribution in [2.45, 2.75) is 58.4 Å². The minimum Gasteiger partial charge on any atom is -0.373 e. The molecule has 0 bridgehead atoms. The molecule has 0 unspecified atom stereocenters. The average Bonchev–Trinajstić information content (AvgIpc) is 3.29. The van der Waals surface area contributed by atoms with Crippen LogP contribution in [0.1, 0.15) is 56.8 Å². The topological polar surface area (TPSA) is 41.1 Å². The van der Waals surface area contributed by atoms with Crippen LogP contribution in [0, 0.1) is 12.8 Å². The highest BCUT2D eigenvalue weighted by atomic mass is 15.3. The molecule has 4 heteroatoms. The second-order valence-corrected chi connectivity index (χ2v) is 6.68. The molecule has 2 aliphatic carbocycles. The van der Waals surface area contributed by atoms with Crippen LogP contribution >= 0.6 is 0 Å². The minimum absolute atomic E-state index is 0.599. The van der Waals surface area contributed by atoms with Crippen LogP contribution in [0.5, 0.6) is 0 Å². The van der Waals surface area contributed by atoms with Crippen LogP contribution in [0.2, 0.25) is 0 Å². The summed E-state index contributed by atoms with van der Waals surface area (Å²) in [4.78, 5) is 12.2. The molecule has 0 aromatic carbocycles. The van der Waals surface area contributed by atoms with Gasteiger partial charge in [-0.15, -0.1) is 0 Å². The molecule has 1 heterocycles. The lowest BCUT2D eigenvalue weighted by molar-refractivity contribution is 0.600. The fourth-order valence-corrected chi connectivity index (χ4v) is 2.76. The Kier molecular flexibility index (Phi) is 3.57. The highest BCUT2D eigenvalue weighted by molar-refractivity contribution is 5.59. The summed E-state index contributed by atoms with van der Waals surface area (Å²) in [5.41, 5.74) is 1.20. The van der Waals surface area contributed by atoms with Crippen LogP contribution in [0.15, 0.2) is 0 Å². The molecule has 0 radical (unpaired) electrons. The third-order valence-corrected chi connectivity index (χ3v) is 4.14. The maximum atomic E-state index is 4.93. The molecule has 4 nitrogen and oxygen atoms in total. The molecule has 0 amide bonds. The quantitative estimate of drug-likeness (QED) is 0.864. The Hall–Kier alpha value is -1.32. The summed E-state index contributed by atoms with van der Waals surface area (Å²) < 4.78 is 0. The normalized spacial score (nSPS) is 18.4. The molecular formula is C16H26N4. The van der Waals surface area contributed by atoms with Gasteiger partial charge < -0.3 is 10.2 Å². The van der Waals surface area contributed by atoms with Crippen molar-refractivity contribution in [2.24, 2.45) is 5.92 Å². The molecule has 2 saturated carbocycles. The van der Waals surface area contributed by atoms with Gasteiger partial charge >= 0.3 is 0 Å². The van der Waals surface area contributed by atoms with Gasteiger partial charge in [0, 0.05) is 31.1 Å². The fraction of sp³-hybridized carbons (Fsp3) is 0.750. The molecule has 0 saturated heterocycles. The van der Waals surface area contributed by atoms with Gasteiger partial charge in [-0.25, -0.2) is 9.97 Å². The Morgan fingerprint density at radius 1 is 1.20 bits per heavy atom. The average molecular weight is 274 g/mol. The summed E-state index contributed by atoms with van der Waals surface area (Å²) in [6, 6.07) is 0.697. The van der Waals surface area contributed by atoms with E-state index in [2.05, 4.69) is 31.0 Å². The van der Waals surface area contributed by atoms with Gasteiger partial charge in [0.05, 0.1) is 0 Å². The number of nitrogens with zero attached hydrogens (tertiary/aromatic N) is 3. The van der Waals surface area contributed by atoms with Crippen molar-refractivity contribution >= 4 is 11.6 Å². The molecule has 20 heavy (non-hydrogen) atoms. The first-order valence-electron chi connectivity index (χ1n) is 7.93. The zero-order valence-electron chi connectivity index (χ0n) is 13.1. The molecule has 0 atom stereocenters. The Morgan fingerprint density at radius 3 is 2.40 bits per heavy atom. The van der Waals surface area contributed by atoms with E-state index in [1.165, 1.54) is 37.1 Å². The van der Waals surface area contributed by atoms with Gasteiger partial charge in [0.2, 0.25) is 0 Å².